The van der Waals surface area contributed by atoms with E-state index in [2.05, 4.69) is 10.6 Å². The first kappa shape index (κ1) is 16.4. The van der Waals surface area contributed by atoms with Crippen LogP contribution in [-0.2, 0) is 11.3 Å². The quantitative estimate of drug-likeness (QED) is 0.542. The highest BCUT2D eigenvalue weighted by Gasteiger charge is 2.23. The number of non-ortho nitro benzene ring substituents is 1. The molecule has 0 bridgehead atoms. The summed E-state index contributed by atoms with van der Waals surface area (Å²) in [6, 6.07) is 4.15. The Hall–Kier alpha value is -2.64. The largest absolute Gasteiger partial charge is 0.480 e. The molecule has 0 radical (unpaired) electrons. The van der Waals surface area contributed by atoms with Crippen molar-refractivity contribution in [2.24, 2.45) is 5.92 Å². The van der Waals surface area contributed by atoms with E-state index in [1.54, 1.807) is 13.8 Å². The summed E-state index contributed by atoms with van der Waals surface area (Å²) in [5.74, 6) is -1.34. The van der Waals surface area contributed by atoms with Gasteiger partial charge in [0.05, 0.1) is 4.92 Å². The highest BCUT2D eigenvalue weighted by Crippen LogP contribution is 2.11. The minimum absolute atomic E-state index is 0.0334. The summed E-state index contributed by atoms with van der Waals surface area (Å²) in [6.45, 7) is 3.53. The van der Waals surface area contributed by atoms with E-state index >= 15 is 0 Å². The van der Waals surface area contributed by atoms with Gasteiger partial charge in [-0.15, -0.1) is 0 Å². The van der Waals surface area contributed by atoms with Crippen LogP contribution in [0.1, 0.15) is 19.4 Å². The lowest BCUT2D eigenvalue weighted by molar-refractivity contribution is -0.384. The molecular weight excluding hydrogens is 278 g/mol. The number of carboxylic acids is 1. The molecular formula is C13H17N3O5. The van der Waals surface area contributed by atoms with Gasteiger partial charge < -0.3 is 15.7 Å². The molecule has 1 atom stereocenters. The predicted octanol–water partition coefficient (Wildman–Crippen LogP) is 1.50. The molecule has 1 rings (SSSR count). The van der Waals surface area contributed by atoms with Crippen LogP contribution in [0, 0.1) is 16.0 Å². The second-order valence-electron chi connectivity index (χ2n) is 4.81. The van der Waals surface area contributed by atoms with Crippen molar-refractivity contribution in [1.82, 2.24) is 10.6 Å². The number of aliphatic carboxylic acids is 1. The number of nitro groups is 1. The second-order valence-corrected chi connectivity index (χ2v) is 4.81. The fraction of sp³-hybridized carbons (Fsp3) is 0.385. The van der Waals surface area contributed by atoms with E-state index in [1.807, 2.05) is 0 Å². The molecule has 0 fully saturated rings. The Kier molecular flexibility index (Phi) is 5.65. The van der Waals surface area contributed by atoms with E-state index in [-0.39, 0.29) is 18.2 Å². The molecule has 0 aliphatic heterocycles. The van der Waals surface area contributed by atoms with Gasteiger partial charge in [-0.25, -0.2) is 9.59 Å². The Labute approximate surface area is 121 Å². The summed E-state index contributed by atoms with van der Waals surface area (Å²) in [6.07, 6.45) is 0. The molecule has 114 valence electrons. The molecule has 0 saturated carbocycles. The number of carboxylic acid groups (broad SMARTS) is 1. The van der Waals surface area contributed by atoms with Gasteiger partial charge in [0.15, 0.2) is 0 Å². The van der Waals surface area contributed by atoms with Gasteiger partial charge in [0.1, 0.15) is 6.04 Å². The molecule has 0 unspecified atom stereocenters. The molecule has 0 spiro atoms. The van der Waals surface area contributed by atoms with Crippen molar-refractivity contribution < 1.29 is 19.6 Å². The van der Waals surface area contributed by atoms with Gasteiger partial charge in [-0.05, 0) is 11.5 Å². The molecule has 0 saturated heterocycles. The monoisotopic (exact) mass is 295 g/mol. The number of nitro benzene ring substituents is 1. The van der Waals surface area contributed by atoms with Crippen LogP contribution in [0.15, 0.2) is 24.3 Å². The van der Waals surface area contributed by atoms with Crippen LogP contribution in [0.5, 0.6) is 0 Å². The zero-order chi connectivity index (χ0) is 16.0. The van der Waals surface area contributed by atoms with Gasteiger partial charge in [0, 0.05) is 18.7 Å². The van der Waals surface area contributed by atoms with Gasteiger partial charge in [0.2, 0.25) is 0 Å². The minimum atomic E-state index is -1.10. The van der Waals surface area contributed by atoms with E-state index < -0.39 is 23.0 Å². The third-order valence-electron chi connectivity index (χ3n) is 2.82. The molecule has 3 N–H and O–H groups in total. The van der Waals surface area contributed by atoms with Crippen molar-refractivity contribution in [2.45, 2.75) is 26.4 Å². The predicted molar refractivity (Wildman–Crippen MR) is 74.7 cm³/mol. The van der Waals surface area contributed by atoms with Crippen molar-refractivity contribution in [1.29, 1.82) is 0 Å². The highest BCUT2D eigenvalue weighted by atomic mass is 16.6. The lowest BCUT2D eigenvalue weighted by Gasteiger charge is -2.18. The fourth-order valence-electron chi connectivity index (χ4n) is 1.62. The Morgan fingerprint density at radius 1 is 1.29 bits per heavy atom. The highest BCUT2D eigenvalue weighted by molar-refractivity contribution is 5.82. The van der Waals surface area contributed by atoms with Crippen LogP contribution in [0.2, 0.25) is 0 Å². The Morgan fingerprint density at radius 2 is 1.86 bits per heavy atom. The summed E-state index contributed by atoms with van der Waals surface area (Å²) in [4.78, 5) is 32.6. The summed E-state index contributed by atoms with van der Waals surface area (Å²) in [7, 11) is 0. The van der Waals surface area contributed by atoms with E-state index in [4.69, 9.17) is 5.11 Å². The molecule has 1 aromatic carbocycles. The number of amides is 2. The third-order valence-corrected chi connectivity index (χ3v) is 2.82. The minimum Gasteiger partial charge on any atom is -0.480 e. The number of rotatable bonds is 6. The topological polar surface area (TPSA) is 122 Å². The van der Waals surface area contributed by atoms with Crippen molar-refractivity contribution in [2.75, 3.05) is 0 Å². The first-order valence-electron chi connectivity index (χ1n) is 6.31. The maximum Gasteiger partial charge on any atom is 0.326 e. The summed E-state index contributed by atoms with van der Waals surface area (Å²) >= 11 is 0. The van der Waals surface area contributed by atoms with E-state index in [1.165, 1.54) is 24.3 Å². The number of carbonyl (C=O) groups is 2. The van der Waals surface area contributed by atoms with Gasteiger partial charge in [-0.2, -0.15) is 0 Å². The van der Waals surface area contributed by atoms with Crippen LogP contribution in [0.3, 0.4) is 0 Å². The SMILES string of the molecule is CC(C)[C@H](NC(=O)NCc1ccc([N+](=O)[O-])cc1)C(=O)O. The van der Waals surface area contributed by atoms with Crippen molar-refractivity contribution in [3.63, 3.8) is 0 Å². The van der Waals surface area contributed by atoms with Gasteiger partial charge in [0.25, 0.3) is 5.69 Å². The molecule has 1 aromatic rings. The van der Waals surface area contributed by atoms with E-state index in [9.17, 15) is 19.7 Å². The molecule has 0 aliphatic rings. The molecule has 0 aliphatic carbocycles. The van der Waals surface area contributed by atoms with Crippen LogP contribution in [0.4, 0.5) is 10.5 Å². The van der Waals surface area contributed by atoms with Crippen molar-refractivity contribution in [3.05, 3.63) is 39.9 Å². The summed E-state index contributed by atoms with van der Waals surface area (Å²) in [5.41, 5.74) is 0.640. The Balaban J connectivity index is 2.52. The smallest absolute Gasteiger partial charge is 0.326 e. The average Bonchev–Trinajstić information content (AvgIpc) is 2.42. The number of benzene rings is 1. The number of nitrogens with zero attached hydrogens (tertiary/aromatic N) is 1. The Bertz CT molecular complexity index is 527. The first-order chi connectivity index (χ1) is 9.81. The average molecular weight is 295 g/mol. The molecule has 8 nitrogen and oxygen atoms in total. The van der Waals surface area contributed by atoms with Gasteiger partial charge >= 0.3 is 12.0 Å². The number of nitrogens with one attached hydrogen (secondary N) is 2. The lowest BCUT2D eigenvalue weighted by Crippen LogP contribution is -2.48. The van der Waals surface area contributed by atoms with Crippen LogP contribution >= 0.6 is 0 Å². The molecule has 8 heteroatoms. The van der Waals surface area contributed by atoms with Gasteiger partial charge in [-0.1, -0.05) is 26.0 Å². The van der Waals surface area contributed by atoms with Gasteiger partial charge in [-0.3, -0.25) is 10.1 Å². The molecule has 0 heterocycles. The number of hydrogen-bond acceptors (Lipinski definition) is 4. The zero-order valence-electron chi connectivity index (χ0n) is 11.7. The number of urea groups is 1. The van der Waals surface area contributed by atoms with Crippen LogP contribution in [0.25, 0.3) is 0 Å². The van der Waals surface area contributed by atoms with Crippen LogP contribution < -0.4 is 10.6 Å². The van der Waals surface area contributed by atoms with E-state index in [0.29, 0.717) is 5.56 Å². The fourth-order valence-corrected chi connectivity index (χ4v) is 1.62. The normalized spacial score (nSPS) is 11.8. The van der Waals surface area contributed by atoms with Crippen LogP contribution in [-0.4, -0.2) is 28.1 Å². The molecule has 0 aromatic heterocycles. The second kappa shape index (κ2) is 7.22. The first-order valence-corrected chi connectivity index (χ1v) is 6.31. The van der Waals surface area contributed by atoms with E-state index in [0.717, 1.165) is 0 Å². The maximum atomic E-state index is 11.6. The molecule has 21 heavy (non-hydrogen) atoms. The zero-order valence-corrected chi connectivity index (χ0v) is 11.7. The Morgan fingerprint density at radius 3 is 2.29 bits per heavy atom. The van der Waals surface area contributed by atoms with Crippen molar-refractivity contribution >= 4 is 17.7 Å². The maximum absolute atomic E-state index is 11.6. The number of carbonyl (C=O) groups excluding carboxylic acids is 1. The third kappa shape index (κ3) is 5.09. The summed E-state index contributed by atoms with van der Waals surface area (Å²) in [5, 5.41) is 24.3. The molecule has 2 amide bonds. The lowest BCUT2D eigenvalue weighted by atomic mass is 10.1. The van der Waals surface area contributed by atoms with Crippen molar-refractivity contribution in [3.8, 4) is 0 Å². The standard InChI is InChI=1S/C13H17N3O5/c1-8(2)11(12(17)18)15-13(19)14-7-9-3-5-10(6-4-9)16(20)21/h3-6,8,11H,7H2,1-2H3,(H,17,18)(H2,14,15,19)/t11-/m0/s1. The number of hydrogen-bond donors (Lipinski definition) is 3. The summed E-state index contributed by atoms with van der Waals surface area (Å²) < 4.78 is 0.